The van der Waals surface area contributed by atoms with Gasteiger partial charge in [0, 0.05) is 50.2 Å². The molecule has 2 heterocycles. The lowest BCUT2D eigenvalue weighted by molar-refractivity contribution is -0.200. The molecule has 0 amide bonds. The molecule has 9 saturated carbocycles. The molecule has 29 nitrogen and oxygen atoms in total. The number of rotatable bonds is 24. The number of ether oxygens (including phenoxy) is 6. The molecule has 31 heteroatoms. The molecule has 0 spiro atoms. The monoisotopic (exact) mass is 1760 g/mol. The fourth-order valence-corrected chi connectivity index (χ4v) is 28.9. The third-order valence-electron chi connectivity index (χ3n) is 31.0. The van der Waals surface area contributed by atoms with Gasteiger partial charge < -0.3 is 83.1 Å². The van der Waals surface area contributed by atoms with Gasteiger partial charge in [0.05, 0.1) is 49.8 Å². The summed E-state index contributed by atoms with van der Waals surface area (Å²) in [5, 5.41) is 85.8. The van der Waals surface area contributed by atoms with Crippen molar-refractivity contribution in [2.45, 2.75) is 244 Å². The van der Waals surface area contributed by atoms with Crippen molar-refractivity contribution in [2.24, 2.45) is 85.8 Å². The van der Waals surface area contributed by atoms with Crippen LogP contribution in [0.25, 0.3) is 0 Å². The average molecular weight is 1770 g/mol. The zero-order chi connectivity index (χ0) is 90.0. The Bertz CT molecular complexity index is 4710. The van der Waals surface area contributed by atoms with Crippen LogP contribution in [-0.2, 0) is 89.7 Å². The van der Waals surface area contributed by atoms with E-state index in [-0.39, 0.29) is 120 Å². The van der Waals surface area contributed by atoms with Crippen LogP contribution in [0, 0.1) is 85.8 Å². The van der Waals surface area contributed by atoms with Gasteiger partial charge in [-0.25, -0.2) is 18.7 Å². The van der Waals surface area contributed by atoms with E-state index in [1.165, 1.54) is 13.8 Å². The second-order valence-electron chi connectivity index (χ2n) is 37.5. The maximum Gasteiger partial charge on any atom is 0.387 e. The van der Waals surface area contributed by atoms with E-state index in [2.05, 4.69) is 27.7 Å². The van der Waals surface area contributed by atoms with Crippen molar-refractivity contribution in [3.63, 3.8) is 0 Å². The quantitative estimate of drug-likeness (QED) is 0.0275. The summed E-state index contributed by atoms with van der Waals surface area (Å²) >= 11 is 0. The van der Waals surface area contributed by atoms with Crippen molar-refractivity contribution in [3.05, 3.63) is 132 Å². The normalized spacial score (nSPS) is 40.8. The van der Waals surface area contributed by atoms with Gasteiger partial charge in [-0.2, -0.15) is 0 Å². The Kier molecular flexibility index (Phi) is 27.6. The molecule has 0 bridgehead atoms. The summed E-state index contributed by atoms with van der Waals surface area (Å²) in [6, 6.07) is 16.7. The summed E-state index contributed by atoms with van der Waals surface area (Å²) in [6.07, 6.45) is 14.9. The van der Waals surface area contributed by atoms with Gasteiger partial charge in [-0.05, 0) is 207 Å². The van der Waals surface area contributed by atoms with Crippen molar-refractivity contribution >= 4 is 68.1 Å². The minimum atomic E-state index is -4.17. The zero-order valence-electron chi connectivity index (χ0n) is 72.4. The number of allylic oxidation sites excluding steroid dienone is 12. The molecule has 124 heavy (non-hydrogen) atoms. The highest BCUT2D eigenvalue weighted by Gasteiger charge is 2.79. The standard InChI is InChI=1S/C34H43O11P.C25H34O6.C21H28O6.C13H17O6P/c1-5-41-31(39)20(2)44-46(40,45-23-9-7-6-8-10-23)19-29-42-28-16-25-24-12-11-21-15-22(36)13-14-32(21,3)30(24)26(37)17-33(25,4)34(28,43-29)27(38)18-35;1-4-5-21-30-20-11-17-16-7-6-14-10-15(27)8-9-23(14,2)22(16)18(28)12-24(17,3)25(20,31-21)19(29)13-26;1-19-6-5-12(23)7-11(19)3-4-13-14-8-16(25)21(27,17(26)10-22)20(14,2)9-15(24)18(13)19;1-3-17-13(15)11(2)18-20(16,10-9-14)19-12-7-5-4-6-8-12/h6-10,13-15,20,24-26,28-30,35,37H,5,11-12,16-19H2,1-4H3;8-10,16-18,20-22,26,28H,4-7,11-13H2,1-3H3;5-7,13-16,18,22,24-25,27H,3-4,8-10H2,1-2H3;4-9,11H,3,10H2,1-2H3/t20-,24+,25+,26+,28-,29?,30-,32+,33+,34-,46?;16-,17-,18-,20+,21?,22+,23-,24-,25+;13-,14-,15-,16+,18+,19-,20-,21-;11-,20?/m1001/s1. The number of aliphatic hydroxyl groups excluding tert-OH is 7. The first kappa shape index (κ1) is 94.6. The smallest absolute Gasteiger partial charge is 0.387 e. The lowest BCUT2D eigenvalue weighted by atomic mass is 9.46. The number of benzene rings is 2. The molecule has 2 saturated heterocycles. The fourth-order valence-electron chi connectivity index (χ4n) is 25.8. The number of esters is 2. The van der Waals surface area contributed by atoms with Crippen LogP contribution in [0.5, 0.6) is 11.5 Å². The minimum Gasteiger partial charge on any atom is -0.464 e. The second kappa shape index (κ2) is 36.2. The van der Waals surface area contributed by atoms with E-state index in [4.69, 9.17) is 46.5 Å². The first-order chi connectivity index (χ1) is 58.6. The number of fused-ring (bicyclic) bond motifs is 19. The van der Waals surface area contributed by atoms with Crippen LogP contribution in [0.3, 0.4) is 0 Å². The number of aldehydes is 1. The lowest BCUT2D eigenvalue weighted by Gasteiger charge is -2.59. The fraction of sp³-hybridized carbons (Fsp3) is 0.645. The van der Waals surface area contributed by atoms with Gasteiger partial charge in [0.15, 0.2) is 76.3 Å². The Hall–Kier alpha value is -6.99. The molecule has 14 aliphatic rings. The van der Waals surface area contributed by atoms with Crippen LogP contribution >= 0.6 is 15.2 Å². The molecule has 0 aromatic heterocycles. The third kappa shape index (κ3) is 16.2. The molecule has 11 fully saturated rings. The highest BCUT2D eigenvalue weighted by molar-refractivity contribution is 7.55. The Morgan fingerprint density at radius 3 is 1.26 bits per heavy atom. The first-order valence-electron chi connectivity index (χ1n) is 43.8. The summed E-state index contributed by atoms with van der Waals surface area (Å²) in [6.45, 7) is 18.2. The van der Waals surface area contributed by atoms with E-state index < -0.39 is 176 Å². The van der Waals surface area contributed by atoms with Gasteiger partial charge in [0.25, 0.3) is 0 Å². The average Bonchev–Trinajstić information content (AvgIpc) is 1.51. The van der Waals surface area contributed by atoms with Gasteiger partial charge in [-0.3, -0.25) is 37.8 Å². The lowest BCUT2D eigenvalue weighted by Crippen LogP contribution is -2.63. The van der Waals surface area contributed by atoms with Crippen LogP contribution in [-0.4, -0.2) is 217 Å². The molecular weight excluding hydrogens is 1640 g/mol. The molecule has 4 unspecified atom stereocenters. The maximum absolute atomic E-state index is 14.3. The summed E-state index contributed by atoms with van der Waals surface area (Å²) in [4.78, 5) is 110. The van der Waals surface area contributed by atoms with Crippen LogP contribution in [0.15, 0.2) is 132 Å². The predicted molar refractivity (Wildman–Crippen MR) is 447 cm³/mol. The SMILES string of the molecule is CCCC1O[C@@H]2C[C@H]3[C@@H]4CCC5=CC(=O)C=C[C@]5(C)[C@H]4[C@@H](O)C[C@]3(C)[C@]2(C(=O)CO)O1.CCOC(=O)[C@@H](C)OP(=O)(CC1O[C@@H]2C[C@H]3[C@@H]4CCC5=CC(=O)C=C[C@]5(C)[C@H]4[C@@H](O)C[C@]3(C)[C@]2(C(=O)CO)O1)Oc1ccccc1.CCOC(=O)[C@@H](C)OP(=O)(CC=O)Oc1ccccc1.C[C@]12C=CC(=O)C=C1CC[C@@H]1[C@@H]2[C@@H](O)C[C@@]2(C)[C@H]1C[C@@H](O)[C@]2(O)C(=O)CO. The van der Waals surface area contributed by atoms with Crippen LogP contribution in [0.1, 0.15) is 166 Å². The zero-order valence-corrected chi connectivity index (χ0v) is 74.2. The third-order valence-corrected chi connectivity index (χ3v) is 34.6. The first-order valence-corrected chi connectivity index (χ1v) is 47.2. The highest BCUT2D eigenvalue weighted by atomic mass is 31.2. The topological polar surface area (TPSA) is 442 Å². The Morgan fingerprint density at radius 2 is 0.879 bits per heavy atom. The summed E-state index contributed by atoms with van der Waals surface area (Å²) in [7, 11) is -7.92. The minimum absolute atomic E-state index is 0.00496. The number of carbonyl (C=O) groups excluding carboxylic acids is 9. The molecule has 30 atom stereocenters. The van der Waals surface area contributed by atoms with Crippen LogP contribution < -0.4 is 9.05 Å². The number of para-hydroxylation sites is 2. The van der Waals surface area contributed by atoms with E-state index in [1.54, 1.807) is 118 Å². The molecule has 0 radical (unpaired) electrons. The largest absolute Gasteiger partial charge is 0.464 e. The molecule has 12 aliphatic carbocycles. The predicted octanol–water partition coefficient (Wildman–Crippen LogP) is 9.83. The van der Waals surface area contributed by atoms with E-state index in [0.717, 1.165) is 55.2 Å². The number of Topliss-reactive ketones (excluding diaryl/α,β-unsaturated/α-hetero) is 3. The van der Waals surface area contributed by atoms with E-state index in [0.29, 0.717) is 44.1 Å². The number of aliphatic hydroxyl groups is 8. The molecular formula is C93H122O29P2. The van der Waals surface area contributed by atoms with Crippen LogP contribution in [0.4, 0.5) is 0 Å². The van der Waals surface area contributed by atoms with Gasteiger partial charge in [-0.1, -0.05) is 126 Å². The molecule has 678 valence electrons. The molecule has 2 aliphatic heterocycles. The number of carbonyl (C=O) groups is 9. The van der Waals surface area contributed by atoms with Crippen molar-refractivity contribution in [1.29, 1.82) is 0 Å². The molecule has 16 rings (SSSR count). The van der Waals surface area contributed by atoms with Crippen LogP contribution in [0.2, 0.25) is 0 Å². The number of hydrogen-bond acceptors (Lipinski definition) is 29. The van der Waals surface area contributed by atoms with Gasteiger partial charge in [-0.15, -0.1) is 0 Å². The summed E-state index contributed by atoms with van der Waals surface area (Å²) < 4.78 is 84.0. The highest BCUT2D eigenvalue weighted by Crippen LogP contribution is 2.74. The van der Waals surface area contributed by atoms with Gasteiger partial charge >= 0.3 is 27.1 Å². The Morgan fingerprint density at radius 1 is 0.516 bits per heavy atom. The number of ketones is 6. The summed E-state index contributed by atoms with van der Waals surface area (Å²) in [5.74, 6) is -2.79. The van der Waals surface area contributed by atoms with Gasteiger partial charge in [0.2, 0.25) is 0 Å². The van der Waals surface area contributed by atoms with E-state index in [9.17, 15) is 93.1 Å². The molecule has 2 aromatic rings. The molecule has 2 aromatic carbocycles. The van der Waals surface area contributed by atoms with Crippen molar-refractivity contribution < 1.29 is 140 Å². The van der Waals surface area contributed by atoms with Crippen molar-refractivity contribution in [1.82, 2.24) is 0 Å². The van der Waals surface area contributed by atoms with E-state index >= 15 is 0 Å². The summed E-state index contributed by atoms with van der Waals surface area (Å²) in [5.41, 5.74) is -5.54. The number of hydrogen-bond donors (Lipinski definition) is 8. The second-order valence-corrected chi connectivity index (χ2v) is 41.5. The molecule has 8 N–H and O–H groups in total. The van der Waals surface area contributed by atoms with Crippen molar-refractivity contribution in [2.75, 3.05) is 45.4 Å². The van der Waals surface area contributed by atoms with Crippen molar-refractivity contribution in [3.8, 4) is 11.5 Å². The van der Waals surface area contributed by atoms with E-state index in [1.807, 2.05) is 32.1 Å². The van der Waals surface area contributed by atoms with Gasteiger partial charge in [0.1, 0.15) is 49.9 Å². The Labute approximate surface area is 723 Å². The maximum atomic E-state index is 14.3. The Balaban J connectivity index is 0.000000149.